The predicted octanol–water partition coefficient (Wildman–Crippen LogP) is 4.63. The maximum atomic E-state index is 12.8. The van der Waals surface area contributed by atoms with Crippen LogP contribution in [0.3, 0.4) is 0 Å². The number of carbonyl (C=O) groups excluding carboxylic acids is 1. The van der Waals surface area contributed by atoms with E-state index in [0.717, 1.165) is 23.4 Å². The fourth-order valence-electron chi connectivity index (χ4n) is 3.13. The fourth-order valence-corrected chi connectivity index (χ4v) is 3.65. The molecule has 2 heterocycles. The highest BCUT2D eigenvalue weighted by atomic mass is 35.5. The van der Waals surface area contributed by atoms with Crippen LogP contribution in [0.15, 0.2) is 40.4 Å². The molecule has 1 aromatic heterocycles. The van der Waals surface area contributed by atoms with E-state index < -0.39 is 0 Å². The molecule has 2 aromatic rings. The Bertz CT molecular complexity index is 918. The highest BCUT2D eigenvalue weighted by molar-refractivity contribution is 7.80. The van der Waals surface area contributed by atoms with Crippen LogP contribution >= 0.6 is 23.8 Å². The molecule has 1 saturated carbocycles. The lowest BCUT2D eigenvalue weighted by atomic mass is 10.2. The lowest BCUT2D eigenvalue weighted by molar-refractivity contribution is -0.113. The average molecular weight is 373 g/mol. The van der Waals surface area contributed by atoms with Crippen LogP contribution < -0.4 is 10.2 Å². The summed E-state index contributed by atoms with van der Waals surface area (Å²) < 4.78 is 5.86. The van der Waals surface area contributed by atoms with Gasteiger partial charge in [0.25, 0.3) is 5.91 Å². The van der Waals surface area contributed by atoms with E-state index in [-0.39, 0.29) is 5.91 Å². The lowest BCUT2D eigenvalue weighted by Crippen LogP contribution is -2.30. The highest BCUT2D eigenvalue weighted by Crippen LogP contribution is 2.47. The highest BCUT2D eigenvalue weighted by Gasteiger charge is 2.37. The van der Waals surface area contributed by atoms with E-state index in [1.165, 1.54) is 4.90 Å². The van der Waals surface area contributed by atoms with Crippen LogP contribution in [-0.4, -0.2) is 11.0 Å². The van der Waals surface area contributed by atoms with Gasteiger partial charge in [0, 0.05) is 17.0 Å². The third-order valence-corrected chi connectivity index (χ3v) is 5.21. The monoisotopic (exact) mass is 372 g/mol. The van der Waals surface area contributed by atoms with Crippen molar-refractivity contribution in [1.82, 2.24) is 5.32 Å². The second kappa shape index (κ2) is 6.00. The largest absolute Gasteiger partial charge is 0.461 e. The standard InChI is InChI=1S/C19H17ClN2O2S/c1-10-8-14(10)17-6-4-13(24-17)9-15-18(23)22(19(25)21-15)16-5-3-12(20)7-11(16)2/h3-7,9-10,14H,8H2,1-2H3,(H,21,25)/b15-9-/t10-,14+/m0/s1. The number of nitrogens with one attached hydrogen (secondary N) is 1. The summed E-state index contributed by atoms with van der Waals surface area (Å²) in [7, 11) is 0. The van der Waals surface area contributed by atoms with Gasteiger partial charge in [0.2, 0.25) is 0 Å². The molecule has 6 heteroatoms. The number of thiocarbonyl (C=S) groups is 1. The van der Waals surface area contributed by atoms with Crippen LogP contribution in [0.1, 0.15) is 36.3 Å². The van der Waals surface area contributed by atoms with Gasteiger partial charge < -0.3 is 9.73 Å². The third-order valence-electron chi connectivity index (χ3n) is 4.69. The lowest BCUT2D eigenvalue weighted by Gasteiger charge is -2.16. The number of amides is 1. The van der Waals surface area contributed by atoms with E-state index in [4.69, 9.17) is 28.2 Å². The number of halogens is 1. The zero-order valence-electron chi connectivity index (χ0n) is 13.9. The molecule has 2 fully saturated rings. The summed E-state index contributed by atoms with van der Waals surface area (Å²) in [5.41, 5.74) is 2.01. The van der Waals surface area contributed by atoms with Crippen molar-refractivity contribution in [3.05, 3.63) is 58.1 Å². The van der Waals surface area contributed by atoms with Gasteiger partial charge in [0.1, 0.15) is 17.2 Å². The molecule has 2 atom stereocenters. The molecule has 0 spiro atoms. The first kappa shape index (κ1) is 16.4. The molecule has 0 radical (unpaired) electrons. The first-order valence-electron chi connectivity index (χ1n) is 8.17. The molecule has 0 bridgehead atoms. The van der Waals surface area contributed by atoms with Gasteiger partial charge in [-0.15, -0.1) is 0 Å². The SMILES string of the molecule is Cc1cc(Cl)ccc1N1C(=O)/C(=C/c2ccc([C@@H]3C[C@@H]3C)o2)NC1=S. The van der Waals surface area contributed by atoms with E-state index >= 15 is 0 Å². The summed E-state index contributed by atoms with van der Waals surface area (Å²) >= 11 is 11.3. The summed E-state index contributed by atoms with van der Waals surface area (Å²) in [6.07, 6.45) is 2.87. The number of carbonyl (C=O) groups is 1. The van der Waals surface area contributed by atoms with Gasteiger partial charge in [-0.2, -0.15) is 0 Å². The molecule has 1 aliphatic heterocycles. The molecule has 25 heavy (non-hydrogen) atoms. The Kier molecular flexibility index (Phi) is 3.93. The maximum Gasteiger partial charge on any atom is 0.281 e. The second-order valence-electron chi connectivity index (χ2n) is 6.62. The van der Waals surface area contributed by atoms with Gasteiger partial charge >= 0.3 is 0 Å². The number of aryl methyl sites for hydroxylation is 1. The van der Waals surface area contributed by atoms with E-state index in [2.05, 4.69) is 12.2 Å². The number of furan rings is 1. The molecular formula is C19H17ClN2O2S. The van der Waals surface area contributed by atoms with Crippen LogP contribution in [0, 0.1) is 12.8 Å². The zero-order valence-corrected chi connectivity index (χ0v) is 15.4. The molecule has 1 amide bonds. The van der Waals surface area contributed by atoms with Crippen LogP contribution in [-0.2, 0) is 4.79 Å². The average Bonchev–Trinajstić information content (AvgIpc) is 2.99. The molecule has 0 unspecified atom stereocenters. The van der Waals surface area contributed by atoms with Crippen LogP contribution in [0.5, 0.6) is 0 Å². The minimum atomic E-state index is -0.201. The Morgan fingerprint density at radius 3 is 2.80 bits per heavy atom. The first-order valence-corrected chi connectivity index (χ1v) is 8.95. The molecule has 1 N–H and O–H groups in total. The number of hydrogen-bond donors (Lipinski definition) is 1. The third kappa shape index (κ3) is 2.98. The summed E-state index contributed by atoms with van der Waals surface area (Å²) in [5, 5.41) is 3.96. The zero-order chi connectivity index (χ0) is 17.7. The van der Waals surface area contributed by atoms with Crippen molar-refractivity contribution in [3.63, 3.8) is 0 Å². The van der Waals surface area contributed by atoms with Crippen LogP contribution in [0.2, 0.25) is 5.02 Å². The maximum absolute atomic E-state index is 12.8. The Morgan fingerprint density at radius 1 is 1.36 bits per heavy atom. The molecule has 128 valence electrons. The smallest absolute Gasteiger partial charge is 0.281 e. The van der Waals surface area contributed by atoms with E-state index in [0.29, 0.717) is 33.4 Å². The molecule has 2 aliphatic rings. The molecule has 4 rings (SSSR count). The Morgan fingerprint density at radius 2 is 2.12 bits per heavy atom. The molecule has 1 aliphatic carbocycles. The van der Waals surface area contributed by atoms with Crippen molar-refractivity contribution in [2.24, 2.45) is 5.92 Å². The molecule has 4 nitrogen and oxygen atoms in total. The number of benzene rings is 1. The fraction of sp³-hybridized carbons (Fsp3) is 0.263. The molecule has 1 aromatic carbocycles. The minimum Gasteiger partial charge on any atom is -0.461 e. The molecular weight excluding hydrogens is 356 g/mol. The number of rotatable bonds is 3. The summed E-state index contributed by atoms with van der Waals surface area (Å²) in [6, 6.07) is 9.23. The van der Waals surface area contributed by atoms with Crippen molar-refractivity contribution in [1.29, 1.82) is 0 Å². The first-order chi connectivity index (χ1) is 11.9. The van der Waals surface area contributed by atoms with Crippen molar-refractivity contribution in [2.45, 2.75) is 26.2 Å². The molecule has 1 saturated heterocycles. The van der Waals surface area contributed by atoms with Gasteiger partial charge in [-0.05, 0) is 67.4 Å². The van der Waals surface area contributed by atoms with Gasteiger partial charge in [-0.3, -0.25) is 9.69 Å². The van der Waals surface area contributed by atoms with Gasteiger partial charge in [-0.25, -0.2) is 0 Å². The number of nitrogens with zero attached hydrogens (tertiary/aromatic N) is 1. The Hall–Kier alpha value is -2.11. The van der Waals surface area contributed by atoms with Crippen molar-refractivity contribution in [2.75, 3.05) is 4.90 Å². The Balaban J connectivity index is 1.61. The summed E-state index contributed by atoms with van der Waals surface area (Å²) in [6.45, 7) is 4.10. The van der Waals surface area contributed by atoms with E-state index in [9.17, 15) is 4.79 Å². The van der Waals surface area contributed by atoms with Gasteiger partial charge in [0.15, 0.2) is 5.11 Å². The quantitative estimate of drug-likeness (QED) is 0.630. The van der Waals surface area contributed by atoms with Crippen LogP contribution in [0.25, 0.3) is 6.08 Å². The van der Waals surface area contributed by atoms with E-state index in [1.54, 1.807) is 18.2 Å². The van der Waals surface area contributed by atoms with Crippen molar-refractivity contribution >= 4 is 46.6 Å². The van der Waals surface area contributed by atoms with Gasteiger partial charge in [-0.1, -0.05) is 18.5 Å². The Labute approximate surface area is 156 Å². The van der Waals surface area contributed by atoms with Crippen molar-refractivity contribution < 1.29 is 9.21 Å². The topological polar surface area (TPSA) is 45.5 Å². The normalized spacial score (nSPS) is 24.1. The number of hydrogen-bond acceptors (Lipinski definition) is 3. The van der Waals surface area contributed by atoms with Gasteiger partial charge in [0.05, 0.1) is 5.69 Å². The van der Waals surface area contributed by atoms with E-state index in [1.807, 2.05) is 25.1 Å². The summed E-state index contributed by atoms with van der Waals surface area (Å²) in [5.74, 6) is 2.62. The van der Waals surface area contributed by atoms with Crippen LogP contribution in [0.4, 0.5) is 5.69 Å². The van der Waals surface area contributed by atoms with Crippen molar-refractivity contribution in [3.8, 4) is 0 Å². The summed E-state index contributed by atoms with van der Waals surface area (Å²) in [4.78, 5) is 14.3. The second-order valence-corrected chi connectivity index (χ2v) is 7.44. The number of anilines is 1. The predicted molar refractivity (Wildman–Crippen MR) is 103 cm³/mol. The minimum absolute atomic E-state index is 0.201.